The van der Waals surface area contributed by atoms with Crippen molar-refractivity contribution in [2.75, 3.05) is 45.3 Å². The Kier molecular flexibility index (Phi) is 7.57. The molecular weight excluding hydrogens is 444 g/mol. The van der Waals surface area contributed by atoms with Crippen LogP contribution in [-0.4, -0.2) is 81.8 Å². The van der Waals surface area contributed by atoms with Crippen molar-refractivity contribution in [3.63, 3.8) is 0 Å². The Morgan fingerprint density at radius 1 is 1.14 bits per heavy atom. The number of hydrogen-bond donors (Lipinski definition) is 2. The Morgan fingerprint density at radius 2 is 1.94 bits per heavy atom. The van der Waals surface area contributed by atoms with E-state index in [1.54, 1.807) is 7.11 Å². The summed E-state index contributed by atoms with van der Waals surface area (Å²) < 4.78 is 12.8. The van der Waals surface area contributed by atoms with Crippen LogP contribution in [0.3, 0.4) is 0 Å². The lowest BCUT2D eigenvalue weighted by molar-refractivity contribution is 0.0341. The number of nitrogens with one attached hydrogen (secondary N) is 1. The molecule has 0 aromatic carbocycles. The van der Waals surface area contributed by atoms with Gasteiger partial charge in [-0.2, -0.15) is 0 Å². The van der Waals surface area contributed by atoms with Crippen LogP contribution in [0.15, 0.2) is 30.7 Å². The smallest absolute Gasteiger partial charge is 0.241 e. The summed E-state index contributed by atoms with van der Waals surface area (Å²) in [6, 6.07) is 4.59. The van der Waals surface area contributed by atoms with Gasteiger partial charge in [0.15, 0.2) is 0 Å². The van der Waals surface area contributed by atoms with Gasteiger partial charge in [0.1, 0.15) is 0 Å². The largest absolute Gasteiger partial charge is 0.393 e. The average Bonchev–Trinajstić information content (AvgIpc) is 3.24. The third kappa shape index (κ3) is 5.64. The van der Waals surface area contributed by atoms with E-state index >= 15 is 0 Å². The maximum Gasteiger partial charge on any atom is 0.241 e. The van der Waals surface area contributed by atoms with Crippen molar-refractivity contribution in [1.82, 2.24) is 24.5 Å². The third-order valence-corrected chi connectivity index (χ3v) is 7.07. The lowest BCUT2D eigenvalue weighted by atomic mass is 9.85. The Bertz CT molecular complexity index is 1120. The highest BCUT2D eigenvalue weighted by molar-refractivity contribution is 5.81. The van der Waals surface area contributed by atoms with Gasteiger partial charge in [-0.3, -0.25) is 9.88 Å². The summed E-state index contributed by atoms with van der Waals surface area (Å²) in [6.45, 7) is 6.96. The number of aliphatic hydroxyl groups is 1. The molecule has 0 bridgehead atoms. The van der Waals surface area contributed by atoms with Crippen LogP contribution >= 0.6 is 0 Å². The molecule has 1 atom stereocenters. The van der Waals surface area contributed by atoms with Crippen molar-refractivity contribution in [1.29, 1.82) is 0 Å². The minimum Gasteiger partial charge on any atom is -0.393 e. The highest BCUT2D eigenvalue weighted by Gasteiger charge is 2.26. The monoisotopic (exact) mass is 480 g/mol. The summed E-state index contributed by atoms with van der Waals surface area (Å²) in [5.74, 6) is 0.934. The fourth-order valence-electron chi connectivity index (χ4n) is 5.23. The highest BCUT2D eigenvalue weighted by Crippen LogP contribution is 2.37. The normalized spacial score (nSPS) is 22.4. The van der Waals surface area contributed by atoms with Gasteiger partial charge in [-0.1, -0.05) is 0 Å². The number of nitrogens with zero attached hydrogens (tertiary/aromatic N) is 5. The van der Waals surface area contributed by atoms with Crippen LogP contribution in [-0.2, 0) is 16.0 Å². The van der Waals surface area contributed by atoms with Crippen LogP contribution in [0.1, 0.15) is 49.8 Å². The van der Waals surface area contributed by atoms with Crippen LogP contribution in [0.25, 0.3) is 16.6 Å². The Labute approximate surface area is 206 Å². The number of pyridine rings is 1. The molecule has 2 aliphatic rings. The molecule has 0 radical (unpaired) electrons. The molecule has 1 saturated carbocycles. The van der Waals surface area contributed by atoms with Gasteiger partial charge in [-0.15, -0.1) is 5.10 Å². The Hall–Kier alpha value is -2.59. The van der Waals surface area contributed by atoms with Gasteiger partial charge in [0.25, 0.3) is 0 Å². The molecule has 35 heavy (non-hydrogen) atoms. The van der Waals surface area contributed by atoms with Gasteiger partial charge in [-0.05, 0) is 50.3 Å². The van der Waals surface area contributed by atoms with Crippen LogP contribution in [0.2, 0.25) is 0 Å². The first-order valence-corrected chi connectivity index (χ1v) is 12.7. The molecule has 2 fully saturated rings. The van der Waals surface area contributed by atoms with Crippen molar-refractivity contribution in [2.24, 2.45) is 0 Å². The summed E-state index contributed by atoms with van der Waals surface area (Å²) >= 11 is 0. The van der Waals surface area contributed by atoms with E-state index in [4.69, 9.17) is 14.6 Å². The maximum atomic E-state index is 10.1. The fraction of sp³-hybridized carbons (Fsp3) is 0.577. The predicted octanol–water partition coefficient (Wildman–Crippen LogP) is 3.09. The second-order valence-electron chi connectivity index (χ2n) is 9.84. The van der Waals surface area contributed by atoms with E-state index < -0.39 is 0 Å². The molecule has 1 aliphatic carbocycles. The van der Waals surface area contributed by atoms with Crippen molar-refractivity contribution in [3.8, 4) is 11.1 Å². The van der Waals surface area contributed by atoms with Crippen molar-refractivity contribution in [3.05, 3.63) is 42.0 Å². The predicted molar refractivity (Wildman–Crippen MR) is 134 cm³/mol. The number of ether oxygens (including phenoxy) is 2. The molecular formula is C26H36N6O3. The minimum absolute atomic E-state index is 0.0989. The molecule has 0 spiro atoms. The van der Waals surface area contributed by atoms with Gasteiger partial charge in [-0.25, -0.2) is 9.50 Å². The number of aliphatic hydroxyl groups excluding tert-OH is 1. The van der Waals surface area contributed by atoms with E-state index in [0.717, 1.165) is 75.2 Å². The lowest BCUT2D eigenvalue weighted by Crippen LogP contribution is -2.35. The molecule has 9 heteroatoms. The lowest BCUT2D eigenvalue weighted by Gasteiger charge is -2.26. The number of anilines is 1. The van der Waals surface area contributed by atoms with Gasteiger partial charge < -0.3 is 19.9 Å². The Balaban J connectivity index is 1.49. The summed E-state index contributed by atoms with van der Waals surface area (Å²) in [6.07, 6.45) is 9.15. The van der Waals surface area contributed by atoms with Crippen LogP contribution in [0, 0.1) is 0 Å². The molecule has 3 aromatic heterocycles. The van der Waals surface area contributed by atoms with Crippen LogP contribution in [0.5, 0.6) is 0 Å². The van der Waals surface area contributed by atoms with E-state index in [1.807, 2.05) is 30.0 Å². The van der Waals surface area contributed by atoms with E-state index in [1.165, 1.54) is 11.3 Å². The molecule has 188 valence electrons. The Morgan fingerprint density at radius 3 is 2.71 bits per heavy atom. The molecule has 4 heterocycles. The first kappa shape index (κ1) is 24.1. The van der Waals surface area contributed by atoms with Crippen molar-refractivity contribution in [2.45, 2.75) is 57.2 Å². The molecule has 0 unspecified atom stereocenters. The van der Waals surface area contributed by atoms with E-state index in [2.05, 4.69) is 32.3 Å². The minimum atomic E-state index is -0.195. The third-order valence-electron chi connectivity index (χ3n) is 7.07. The van der Waals surface area contributed by atoms with Gasteiger partial charge in [0, 0.05) is 67.9 Å². The quantitative estimate of drug-likeness (QED) is 0.508. The second-order valence-corrected chi connectivity index (χ2v) is 9.84. The zero-order valence-electron chi connectivity index (χ0n) is 20.7. The van der Waals surface area contributed by atoms with Crippen LogP contribution < -0.4 is 5.32 Å². The molecule has 1 aliphatic heterocycles. The molecule has 9 nitrogen and oxygen atoms in total. The zero-order valence-corrected chi connectivity index (χ0v) is 20.7. The SMILES string of the molecule is COC[C@H](C)Nc1ncc2c(-c3cncc(CN4CCOCC4)c3)cc(C3CCC(O)CC3)n2n1. The molecule has 1 saturated heterocycles. The summed E-state index contributed by atoms with van der Waals surface area (Å²) in [7, 11) is 1.69. The van der Waals surface area contributed by atoms with Gasteiger partial charge in [0.2, 0.25) is 5.95 Å². The molecule has 5 rings (SSSR count). The topological polar surface area (TPSA) is 97.0 Å². The summed E-state index contributed by atoms with van der Waals surface area (Å²) in [4.78, 5) is 11.6. The second kappa shape index (κ2) is 11.0. The number of rotatable bonds is 8. The highest BCUT2D eigenvalue weighted by atomic mass is 16.5. The number of aromatic nitrogens is 4. The molecule has 2 N–H and O–H groups in total. The van der Waals surface area contributed by atoms with Crippen molar-refractivity contribution < 1.29 is 14.6 Å². The first-order chi connectivity index (χ1) is 17.1. The number of hydrogen-bond acceptors (Lipinski definition) is 8. The number of fused-ring (bicyclic) bond motifs is 1. The maximum absolute atomic E-state index is 10.1. The number of morpholine rings is 1. The molecule has 0 amide bonds. The summed E-state index contributed by atoms with van der Waals surface area (Å²) in [5.41, 5.74) is 5.51. The van der Waals surface area contributed by atoms with Crippen LogP contribution in [0.4, 0.5) is 5.95 Å². The van der Waals surface area contributed by atoms with E-state index in [-0.39, 0.29) is 12.1 Å². The zero-order chi connectivity index (χ0) is 24.2. The van der Waals surface area contributed by atoms with Crippen molar-refractivity contribution >= 4 is 11.5 Å². The van der Waals surface area contributed by atoms with E-state index in [0.29, 0.717) is 18.5 Å². The van der Waals surface area contributed by atoms with Gasteiger partial charge >= 0.3 is 0 Å². The number of methoxy groups -OCH3 is 1. The standard InChI is InChI=1S/C26H36N6O3/c1-18(17-34-2)29-26-28-15-25-23(12-24(32(25)30-26)20-3-5-22(33)6-4-20)21-11-19(13-27-14-21)16-31-7-9-35-10-8-31/h11-15,18,20,22,33H,3-10,16-17H2,1-2H3,(H,29,30)/t18-,20?,22?/m0/s1. The average molecular weight is 481 g/mol. The first-order valence-electron chi connectivity index (χ1n) is 12.7. The fourth-order valence-corrected chi connectivity index (χ4v) is 5.23. The van der Waals surface area contributed by atoms with E-state index in [9.17, 15) is 5.11 Å². The van der Waals surface area contributed by atoms with Gasteiger partial charge in [0.05, 0.1) is 37.6 Å². The molecule has 3 aromatic rings. The summed E-state index contributed by atoms with van der Waals surface area (Å²) in [5, 5.41) is 18.3.